The summed E-state index contributed by atoms with van der Waals surface area (Å²) >= 11 is 0. The van der Waals surface area contributed by atoms with Gasteiger partial charge in [0.2, 0.25) is 0 Å². The normalized spacial score (nSPS) is 10.8. The Kier molecular flexibility index (Phi) is 6.20. The molecule has 1 aromatic heterocycles. The van der Waals surface area contributed by atoms with Crippen molar-refractivity contribution in [2.24, 2.45) is 0 Å². The summed E-state index contributed by atoms with van der Waals surface area (Å²) in [6.45, 7) is 3.85. The number of hydrogen-bond acceptors (Lipinski definition) is 6. The highest BCUT2D eigenvalue weighted by Gasteiger charge is 2.14. The maximum absolute atomic E-state index is 12.5. The Balaban J connectivity index is 1.79. The van der Waals surface area contributed by atoms with Crippen molar-refractivity contribution in [1.29, 1.82) is 0 Å². The van der Waals surface area contributed by atoms with Gasteiger partial charge in [-0.05, 0) is 41.8 Å². The second kappa shape index (κ2) is 8.82. The van der Waals surface area contributed by atoms with Crippen LogP contribution in [0, 0.1) is 0 Å². The van der Waals surface area contributed by atoms with E-state index in [1.54, 1.807) is 44.4 Å². The van der Waals surface area contributed by atoms with Crippen molar-refractivity contribution in [1.82, 2.24) is 4.90 Å². The molecule has 3 aromatic rings. The van der Waals surface area contributed by atoms with Gasteiger partial charge in [0.1, 0.15) is 17.1 Å². The van der Waals surface area contributed by atoms with Crippen molar-refractivity contribution >= 4 is 22.8 Å². The first-order chi connectivity index (χ1) is 14.2. The van der Waals surface area contributed by atoms with Gasteiger partial charge in [-0.15, -0.1) is 0 Å². The molecular weight excluding hydrogens is 386 g/mol. The van der Waals surface area contributed by atoms with E-state index in [4.69, 9.17) is 13.9 Å². The van der Waals surface area contributed by atoms with Gasteiger partial charge in [-0.25, -0.2) is 9.59 Å². The molecular formula is C23H23NO6. The molecule has 0 saturated carbocycles. The lowest BCUT2D eigenvalue weighted by molar-refractivity contribution is -0.130. The highest BCUT2D eigenvalue weighted by molar-refractivity contribution is 5.92. The summed E-state index contributed by atoms with van der Waals surface area (Å²) in [5.41, 5.74) is 1.04. The summed E-state index contributed by atoms with van der Waals surface area (Å²) in [7, 11) is 3.27. The fourth-order valence-electron chi connectivity index (χ4n) is 2.86. The predicted octanol–water partition coefficient (Wildman–Crippen LogP) is 3.60. The average Bonchev–Trinajstić information content (AvgIpc) is 2.71. The van der Waals surface area contributed by atoms with E-state index in [1.165, 1.54) is 23.1 Å². The first kappa shape index (κ1) is 21.1. The maximum Gasteiger partial charge on any atom is 0.343 e. The van der Waals surface area contributed by atoms with Gasteiger partial charge in [0, 0.05) is 31.6 Å². The molecule has 0 radical (unpaired) electrons. The van der Waals surface area contributed by atoms with Crippen LogP contribution in [0.25, 0.3) is 11.0 Å². The van der Waals surface area contributed by atoms with Crippen molar-refractivity contribution < 1.29 is 23.5 Å². The predicted molar refractivity (Wildman–Crippen MR) is 112 cm³/mol. The Morgan fingerprint density at radius 1 is 1.03 bits per heavy atom. The molecule has 1 heterocycles. The quantitative estimate of drug-likeness (QED) is 0.351. The summed E-state index contributed by atoms with van der Waals surface area (Å²) in [4.78, 5) is 37.5. The topological polar surface area (TPSA) is 86.0 Å². The SMILES string of the molecule is CC(C)c1cc(=O)oc2cc(OC(=O)c3cccc(OCC(=O)N(C)C)c3)ccc12. The van der Waals surface area contributed by atoms with E-state index in [0.717, 1.165) is 10.9 Å². The standard InChI is InChI=1S/C23H23NO6/c1-14(2)19-12-22(26)30-20-11-17(8-9-18(19)20)29-23(27)15-6-5-7-16(10-15)28-13-21(25)24(3)4/h5-12,14H,13H2,1-4H3. The molecule has 0 N–H and O–H groups in total. The molecule has 0 atom stereocenters. The van der Waals surface area contributed by atoms with Gasteiger partial charge >= 0.3 is 11.6 Å². The molecule has 30 heavy (non-hydrogen) atoms. The van der Waals surface area contributed by atoms with Crippen LogP contribution in [0.2, 0.25) is 0 Å². The van der Waals surface area contributed by atoms with Crippen LogP contribution >= 0.6 is 0 Å². The minimum absolute atomic E-state index is 0.132. The van der Waals surface area contributed by atoms with Gasteiger partial charge in [-0.1, -0.05) is 19.9 Å². The summed E-state index contributed by atoms with van der Waals surface area (Å²) in [5.74, 6) is -0.00832. The molecule has 2 aromatic carbocycles. The highest BCUT2D eigenvalue weighted by atomic mass is 16.5. The van der Waals surface area contributed by atoms with Crippen LogP contribution in [0.15, 0.2) is 57.7 Å². The number of likely N-dealkylation sites (N-methyl/N-ethyl adjacent to an activating group) is 1. The zero-order valence-corrected chi connectivity index (χ0v) is 17.3. The number of fused-ring (bicyclic) bond motifs is 1. The molecule has 0 unspecified atom stereocenters. The van der Waals surface area contributed by atoms with E-state index >= 15 is 0 Å². The molecule has 0 aliphatic heterocycles. The van der Waals surface area contributed by atoms with Crippen LogP contribution < -0.4 is 15.1 Å². The van der Waals surface area contributed by atoms with Crippen molar-refractivity contribution in [3.63, 3.8) is 0 Å². The van der Waals surface area contributed by atoms with E-state index in [9.17, 15) is 14.4 Å². The number of hydrogen-bond donors (Lipinski definition) is 0. The number of carbonyl (C=O) groups excluding carboxylic acids is 2. The number of amides is 1. The van der Waals surface area contributed by atoms with Gasteiger partial charge in [0.15, 0.2) is 6.61 Å². The monoisotopic (exact) mass is 409 g/mol. The number of ether oxygens (including phenoxy) is 2. The first-order valence-electron chi connectivity index (χ1n) is 9.47. The van der Waals surface area contributed by atoms with Gasteiger partial charge in [0.25, 0.3) is 5.91 Å². The Bertz CT molecular complexity index is 1150. The van der Waals surface area contributed by atoms with E-state index in [2.05, 4.69) is 0 Å². The Hall–Kier alpha value is -3.61. The minimum atomic E-state index is -0.596. The number of nitrogens with zero attached hydrogens (tertiary/aromatic N) is 1. The summed E-state index contributed by atoms with van der Waals surface area (Å²) < 4.78 is 16.1. The molecule has 0 saturated heterocycles. The highest BCUT2D eigenvalue weighted by Crippen LogP contribution is 2.27. The third kappa shape index (κ3) is 4.86. The average molecular weight is 409 g/mol. The molecule has 0 spiro atoms. The van der Waals surface area contributed by atoms with Crippen molar-refractivity contribution in [3.05, 3.63) is 70.1 Å². The lowest BCUT2D eigenvalue weighted by Gasteiger charge is -2.12. The first-order valence-corrected chi connectivity index (χ1v) is 9.47. The molecule has 1 amide bonds. The van der Waals surface area contributed by atoms with E-state index < -0.39 is 11.6 Å². The number of benzene rings is 2. The third-order valence-corrected chi connectivity index (χ3v) is 4.51. The van der Waals surface area contributed by atoms with E-state index in [-0.39, 0.29) is 29.7 Å². The minimum Gasteiger partial charge on any atom is -0.484 e. The summed E-state index contributed by atoms with van der Waals surface area (Å²) in [6.07, 6.45) is 0. The Morgan fingerprint density at radius 2 is 1.80 bits per heavy atom. The van der Waals surface area contributed by atoms with E-state index in [1.807, 2.05) is 13.8 Å². The van der Waals surface area contributed by atoms with Crippen LogP contribution in [-0.2, 0) is 4.79 Å². The summed E-state index contributed by atoms with van der Waals surface area (Å²) in [6, 6.07) is 12.8. The van der Waals surface area contributed by atoms with Gasteiger partial charge in [0.05, 0.1) is 5.56 Å². The van der Waals surface area contributed by atoms with Crippen LogP contribution in [0.4, 0.5) is 0 Å². The van der Waals surface area contributed by atoms with Crippen LogP contribution in [0.3, 0.4) is 0 Å². The molecule has 3 rings (SSSR count). The van der Waals surface area contributed by atoms with Gasteiger partial charge in [-0.2, -0.15) is 0 Å². The molecule has 7 heteroatoms. The molecule has 156 valence electrons. The molecule has 0 aliphatic rings. The largest absolute Gasteiger partial charge is 0.484 e. The lowest BCUT2D eigenvalue weighted by Crippen LogP contribution is -2.27. The van der Waals surface area contributed by atoms with Crippen LogP contribution in [0.1, 0.15) is 35.7 Å². The molecule has 0 fully saturated rings. The fraction of sp³-hybridized carbons (Fsp3) is 0.261. The van der Waals surface area contributed by atoms with Gasteiger partial charge in [-0.3, -0.25) is 4.79 Å². The molecule has 0 bridgehead atoms. The Labute approximate surface area is 173 Å². The second-order valence-corrected chi connectivity index (χ2v) is 7.33. The number of carbonyl (C=O) groups is 2. The fourth-order valence-corrected chi connectivity index (χ4v) is 2.86. The molecule has 0 aliphatic carbocycles. The second-order valence-electron chi connectivity index (χ2n) is 7.33. The van der Waals surface area contributed by atoms with Crippen molar-refractivity contribution in [2.45, 2.75) is 19.8 Å². The zero-order chi connectivity index (χ0) is 21.8. The van der Waals surface area contributed by atoms with Gasteiger partial charge < -0.3 is 18.8 Å². The van der Waals surface area contributed by atoms with Crippen LogP contribution in [-0.4, -0.2) is 37.5 Å². The Morgan fingerprint density at radius 3 is 2.50 bits per heavy atom. The third-order valence-electron chi connectivity index (χ3n) is 4.51. The summed E-state index contributed by atoms with van der Waals surface area (Å²) in [5, 5.41) is 0.797. The zero-order valence-electron chi connectivity index (χ0n) is 17.3. The smallest absolute Gasteiger partial charge is 0.343 e. The maximum atomic E-state index is 12.5. The van der Waals surface area contributed by atoms with Crippen molar-refractivity contribution in [3.8, 4) is 11.5 Å². The van der Waals surface area contributed by atoms with Crippen LogP contribution in [0.5, 0.6) is 11.5 Å². The number of rotatable bonds is 6. The lowest BCUT2D eigenvalue weighted by atomic mass is 10.00. The molecule has 7 nitrogen and oxygen atoms in total. The number of esters is 1. The van der Waals surface area contributed by atoms with E-state index in [0.29, 0.717) is 11.3 Å². The van der Waals surface area contributed by atoms with Crippen molar-refractivity contribution in [2.75, 3.05) is 20.7 Å².